The molecule has 0 unspecified atom stereocenters. The minimum atomic E-state index is -1.04. The quantitative estimate of drug-likeness (QED) is 0.738. The van der Waals surface area contributed by atoms with Gasteiger partial charge in [-0.15, -0.1) is 0 Å². The average Bonchev–Trinajstić information content (AvgIpc) is 2.74. The van der Waals surface area contributed by atoms with Crippen molar-refractivity contribution in [1.29, 1.82) is 0 Å². The predicted octanol–water partition coefficient (Wildman–Crippen LogP) is 2.90. The van der Waals surface area contributed by atoms with Gasteiger partial charge in [0, 0.05) is 12.1 Å². The smallest absolute Gasteiger partial charge is 0.312 e. The Morgan fingerprint density at radius 1 is 1.10 bits per heavy atom. The Morgan fingerprint density at radius 2 is 1.73 bits per heavy atom. The molecule has 2 N–H and O–H groups in total. The topological polar surface area (TPSA) is 98.9 Å². The van der Waals surface area contributed by atoms with E-state index in [1.165, 1.54) is 6.92 Å². The van der Waals surface area contributed by atoms with Crippen molar-refractivity contribution in [1.82, 2.24) is 0 Å². The normalized spacial score (nSPS) is 19.8. The lowest BCUT2D eigenvalue weighted by atomic mass is 9.83. The second-order valence-corrected chi connectivity index (χ2v) is 7.44. The number of carbonyl (C=O) groups is 3. The number of ether oxygens (including phenoxy) is 2. The molecule has 3 atom stereocenters. The van der Waals surface area contributed by atoms with Crippen molar-refractivity contribution in [2.75, 3.05) is 12.0 Å². The number of esters is 1. The summed E-state index contributed by atoms with van der Waals surface area (Å²) in [5.74, 6) is -1.31. The predicted molar refractivity (Wildman–Crippen MR) is 112 cm³/mol. The zero-order valence-corrected chi connectivity index (χ0v) is 17.3. The largest absolute Gasteiger partial charge is 0.497 e. The second-order valence-electron chi connectivity index (χ2n) is 7.44. The van der Waals surface area contributed by atoms with Crippen LogP contribution in [0, 0.1) is 12.8 Å². The highest BCUT2D eigenvalue weighted by atomic mass is 16.5. The molecule has 1 fully saturated rings. The van der Waals surface area contributed by atoms with Crippen molar-refractivity contribution in [3.05, 3.63) is 59.7 Å². The fourth-order valence-electron chi connectivity index (χ4n) is 3.65. The number of benzene rings is 2. The Morgan fingerprint density at radius 3 is 2.30 bits per heavy atom. The van der Waals surface area contributed by atoms with Gasteiger partial charge in [-0.3, -0.25) is 14.4 Å². The third kappa shape index (κ3) is 4.45. The van der Waals surface area contributed by atoms with Crippen LogP contribution in [0.3, 0.4) is 0 Å². The summed E-state index contributed by atoms with van der Waals surface area (Å²) in [6, 6.07) is 14.2. The molecule has 7 nitrogen and oxygen atoms in total. The number of nitrogens with two attached hydrogens (primary N) is 1. The Bertz CT molecular complexity index is 924. The van der Waals surface area contributed by atoms with Crippen LogP contribution in [0.5, 0.6) is 5.75 Å². The van der Waals surface area contributed by atoms with Gasteiger partial charge in [0.25, 0.3) is 5.91 Å². The van der Waals surface area contributed by atoms with E-state index in [1.54, 1.807) is 24.1 Å². The van der Waals surface area contributed by atoms with Crippen LogP contribution in [0.1, 0.15) is 36.9 Å². The fraction of sp³-hybridized carbons (Fsp3) is 0.348. The highest BCUT2D eigenvalue weighted by Gasteiger charge is 2.43. The molecule has 0 radical (unpaired) electrons. The van der Waals surface area contributed by atoms with E-state index < -0.39 is 29.9 Å². The molecule has 0 bridgehead atoms. The van der Waals surface area contributed by atoms with Crippen LogP contribution in [0.15, 0.2) is 48.5 Å². The van der Waals surface area contributed by atoms with Crippen molar-refractivity contribution in [3.63, 3.8) is 0 Å². The highest BCUT2D eigenvalue weighted by molar-refractivity contribution is 5.97. The molecule has 0 spiro atoms. The van der Waals surface area contributed by atoms with Crippen molar-refractivity contribution >= 4 is 23.5 Å². The van der Waals surface area contributed by atoms with Crippen LogP contribution in [0.2, 0.25) is 0 Å². The molecule has 1 aliphatic rings. The highest BCUT2D eigenvalue weighted by Crippen LogP contribution is 2.41. The first-order valence-electron chi connectivity index (χ1n) is 9.84. The third-order valence-electron chi connectivity index (χ3n) is 5.36. The molecule has 2 aromatic rings. The van der Waals surface area contributed by atoms with Gasteiger partial charge >= 0.3 is 5.97 Å². The van der Waals surface area contributed by atoms with Crippen LogP contribution in [0.25, 0.3) is 0 Å². The molecule has 0 aromatic heterocycles. The second kappa shape index (κ2) is 8.98. The Hall–Kier alpha value is -3.35. The fourth-order valence-corrected chi connectivity index (χ4v) is 3.65. The summed E-state index contributed by atoms with van der Waals surface area (Å²) in [7, 11) is 1.57. The first kappa shape index (κ1) is 21.4. The number of piperidine rings is 1. The van der Waals surface area contributed by atoms with Gasteiger partial charge in [0.15, 0.2) is 6.10 Å². The molecule has 158 valence electrons. The summed E-state index contributed by atoms with van der Waals surface area (Å²) >= 11 is 0. The number of nitrogens with zero attached hydrogens (tertiary/aromatic N) is 1. The molecule has 1 aliphatic heterocycles. The number of hydrogen-bond acceptors (Lipinski definition) is 5. The maximum atomic E-state index is 13.0. The number of aryl methyl sites for hydroxylation is 1. The Balaban J connectivity index is 2.03. The number of rotatable bonds is 6. The van der Waals surface area contributed by atoms with Crippen molar-refractivity contribution in [2.24, 2.45) is 11.7 Å². The number of primary amides is 1. The molecule has 3 rings (SSSR count). The molecule has 1 heterocycles. The summed E-state index contributed by atoms with van der Waals surface area (Å²) in [5.41, 5.74) is 7.79. The van der Waals surface area contributed by atoms with Gasteiger partial charge in [0.05, 0.1) is 19.1 Å². The van der Waals surface area contributed by atoms with Crippen LogP contribution < -0.4 is 15.4 Å². The van der Waals surface area contributed by atoms with E-state index in [9.17, 15) is 14.4 Å². The standard InChI is InChI=1S/C23H26N2O5/c1-14-4-8-17(9-5-14)25-20(26)13-12-19(23(28)30-15(2)22(24)27)21(25)16-6-10-18(29-3)11-7-16/h4-11,15,19,21H,12-13H2,1-3H3,(H2,24,27)/t15-,19+,21+/m0/s1. The molecule has 0 aliphatic carbocycles. The van der Waals surface area contributed by atoms with Gasteiger partial charge < -0.3 is 20.1 Å². The Labute approximate surface area is 175 Å². The maximum Gasteiger partial charge on any atom is 0.312 e. The van der Waals surface area contributed by atoms with E-state index in [-0.39, 0.29) is 12.3 Å². The number of carbonyl (C=O) groups excluding carboxylic acids is 3. The van der Waals surface area contributed by atoms with Gasteiger partial charge in [-0.25, -0.2) is 0 Å². The zero-order chi connectivity index (χ0) is 21.8. The van der Waals surface area contributed by atoms with Gasteiger partial charge in [-0.1, -0.05) is 29.8 Å². The summed E-state index contributed by atoms with van der Waals surface area (Å²) in [6.07, 6.45) is -0.521. The van der Waals surface area contributed by atoms with E-state index in [0.717, 1.165) is 11.1 Å². The van der Waals surface area contributed by atoms with Crippen molar-refractivity contribution < 1.29 is 23.9 Å². The van der Waals surface area contributed by atoms with E-state index in [2.05, 4.69) is 0 Å². The van der Waals surface area contributed by atoms with Gasteiger partial charge in [0.1, 0.15) is 5.75 Å². The SMILES string of the molecule is COc1ccc([C@@H]2[C@H](C(=O)O[C@@H](C)C(N)=O)CCC(=O)N2c2ccc(C)cc2)cc1. The number of anilines is 1. The number of methoxy groups -OCH3 is 1. The maximum absolute atomic E-state index is 13.0. The molecule has 0 saturated carbocycles. The van der Waals surface area contributed by atoms with Crippen LogP contribution in [0.4, 0.5) is 5.69 Å². The lowest BCUT2D eigenvalue weighted by Gasteiger charge is -2.40. The number of amides is 2. The number of hydrogen-bond donors (Lipinski definition) is 1. The van der Waals surface area contributed by atoms with E-state index >= 15 is 0 Å². The minimum absolute atomic E-state index is 0.0772. The van der Waals surface area contributed by atoms with E-state index in [0.29, 0.717) is 17.9 Å². The molecular formula is C23H26N2O5. The molecule has 2 amide bonds. The third-order valence-corrected chi connectivity index (χ3v) is 5.36. The van der Waals surface area contributed by atoms with E-state index in [1.807, 2.05) is 43.3 Å². The zero-order valence-electron chi connectivity index (χ0n) is 17.3. The monoisotopic (exact) mass is 410 g/mol. The summed E-state index contributed by atoms with van der Waals surface area (Å²) in [4.78, 5) is 38.9. The average molecular weight is 410 g/mol. The molecule has 30 heavy (non-hydrogen) atoms. The van der Waals surface area contributed by atoms with Crippen molar-refractivity contribution in [2.45, 2.75) is 38.8 Å². The first-order valence-corrected chi connectivity index (χ1v) is 9.84. The summed E-state index contributed by atoms with van der Waals surface area (Å²) in [6.45, 7) is 3.41. The summed E-state index contributed by atoms with van der Waals surface area (Å²) in [5, 5.41) is 0. The van der Waals surface area contributed by atoms with Crippen LogP contribution in [-0.2, 0) is 19.1 Å². The molecule has 2 aromatic carbocycles. The lowest BCUT2D eigenvalue weighted by Crippen LogP contribution is -2.47. The van der Waals surface area contributed by atoms with Crippen molar-refractivity contribution in [3.8, 4) is 5.75 Å². The van der Waals surface area contributed by atoms with Gasteiger partial charge in [0.2, 0.25) is 5.91 Å². The first-order chi connectivity index (χ1) is 14.3. The molecule has 7 heteroatoms. The van der Waals surface area contributed by atoms with E-state index in [4.69, 9.17) is 15.2 Å². The molecule has 1 saturated heterocycles. The van der Waals surface area contributed by atoms with Crippen LogP contribution >= 0.6 is 0 Å². The van der Waals surface area contributed by atoms with Gasteiger partial charge in [-0.05, 0) is 50.1 Å². The molecular weight excluding hydrogens is 384 g/mol. The lowest BCUT2D eigenvalue weighted by molar-refractivity contribution is -0.159. The Kier molecular flexibility index (Phi) is 6.40. The minimum Gasteiger partial charge on any atom is -0.497 e. The van der Waals surface area contributed by atoms with Crippen LogP contribution in [-0.4, -0.2) is 31.0 Å². The summed E-state index contributed by atoms with van der Waals surface area (Å²) < 4.78 is 10.5. The van der Waals surface area contributed by atoms with Gasteiger partial charge in [-0.2, -0.15) is 0 Å².